The summed E-state index contributed by atoms with van der Waals surface area (Å²) in [5.41, 5.74) is 6.30. The minimum absolute atomic E-state index is 0.111. The number of hydrogen-bond acceptors (Lipinski definition) is 4. The quantitative estimate of drug-likeness (QED) is 0.822. The second-order valence-corrected chi connectivity index (χ2v) is 5.21. The summed E-state index contributed by atoms with van der Waals surface area (Å²) in [5.74, 6) is 1.01. The van der Waals surface area contributed by atoms with E-state index in [-0.39, 0.29) is 5.91 Å². The average Bonchev–Trinajstić information content (AvgIpc) is 2.45. The average molecular weight is 274 g/mol. The van der Waals surface area contributed by atoms with Crippen molar-refractivity contribution < 1.29 is 4.79 Å². The fraction of sp³-hybridized carbons (Fsp3) is 0.467. The number of aliphatic imine (C=N–C) groups is 1. The molecule has 0 saturated heterocycles. The lowest BCUT2D eigenvalue weighted by molar-refractivity contribution is -0.121. The van der Waals surface area contributed by atoms with E-state index < -0.39 is 0 Å². The van der Waals surface area contributed by atoms with Crippen LogP contribution in [0.2, 0.25) is 0 Å². The van der Waals surface area contributed by atoms with Crippen molar-refractivity contribution in [3.8, 4) is 0 Å². The summed E-state index contributed by atoms with van der Waals surface area (Å²) in [7, 11) is 1.68. The van der Waals surface area contributed by atoms with Crippen molar-refractivity contribution in [3.05, 3.63) is 36.3 Å². The zero-order valence-corrected chi connectivity index (χ0v) is 11.9. The molecule has 3 N–H and O–H groups in total. The van der Waals surface area contributed by atoms with Crippen molar-refractivity contribution in [1.82, 2.24) is 10.2 Å². The van der Waals surface area contributed by atoms with Gasteiger partial charge in [-0.3, -0.25) is 9.69 Å². The highest BCUT2D eigenvalue weighted by Crippen LogP contribution is 2.19. The molecule has 2 aliphatic rings. The van der Waals surface area contributed by atoms with E-state index >= 15 is 0 Å². The zero-order valence-electron chi connectivity index (χ0n) is 11.9. The normalized spacial score (nSPS) is 24.4. The molecular weight excluding hydrogens is 252 g/mol. The maximum atomic E-state index is 11.7. The van der Waals surface area contributed by atoms with Gasteiger partial charge in [0.15, 0.2) is 0 Å². The van der Waals surface area contributed by atoms with E-state index in [4.69, 9.17) is 5.73 Å². The van der Waals surface area contributed by atoms with Crippen LogP contribution in [-0.2, 0) is 4.79 Å². The lowest BCUT2D eigenvalue weighted by Gasteiger charge is -2.26. The van der Waals surface area contributed by atoms with E-state index in [2.05, 4.69) is 16.9 Å². The highest BCUT2D eigenvalue weighted by atomic mass is 16.2. The third kappa shape index (κ3) is 3.29. The first-order valence-corrected chi connectivity index (χ1v) is 7.04. The van der Waals surface area contributed by atoms with Gasteiger partial charge in [0.25, 0.3) is 5.91 Å². The van der Waals surface area contributed by atoms with Gasteiger partial charge in [-0.1, -0.05) is 25.8 Å². The molecule has 108 valence electrons. The first-order chi connectivity index (χ1) is 9.61. The molecule has 0 aromatic carbocycles. The van der Waals surface area contributed by atoms with Gasteiger partial charge in [0.2, 0.25) is 0 Å². The number of rotatable bonds is 3. The lowest BCUT2D eigenvalue weighted by Crippen LogP contribution is -2.37. The van der Waals surface area contributed by atoms with E-state index in [9.17, 15) is 4.79 Å². The van der Waals surface area contributed by atoms with Gasteiger partial charge in [0.05, 0.1) is 0 Å². The molecule has 2 rings (SSSR count). The van der Waals surface area contributed by atoms with Crippen LogP contribution in [0.1, 0.15) is 32.1 Å². The maximum absolute atomic E-state index is 11.7. The van der Waals surface area contributed by atoms with Crippen LogP contribution >= 0.6 is 0 Å². The molecule has 1 amide bonds. The number of nitrogens with one attached hydrogen (secondary N) is 1. The van der Waals surface area contributed by atoms with Gasteiger partial charge in [0.1, 0.15) is 11.7 Å². The number of hydrogen-bond donors (Lipinski definition) is 2. The second kappa shape index (κ2) is 6.41. The summed E-state index contributed by atoms with van der Waals surface area (Å²) in [5, 5.41) is 3.33. The number of carbonyl (C=O) groups excluding carboxylic acids is 1. The third-order valence-corrected chi connectivity index (χ3v) is 3.71. The summed E-state index contributed by atoms with van der Waals surface area (Å²) < 4.78 is 0. The Kier molecular flexibility index (Phi) is 4.61. The van der Waals surface area contributed by atoms with Gasteiger partial charge < -0.3 is 11.1 Å². The molecule has 0 radical (unpaired) electrons. The highest BCUT2D eigenvalue weighted by molar-refractivity contribution is 6.15. The topological polar surface area (TPSA) is 70.7 Å². The molecule has 0 spiro atoms. The standard InChI is InChI=1S/C15H22N4O/c1-11(17-13-6-4-3-5-7-13)18-15-12(10-16)8-9-14(20)19(15)2/h8-10,13,17H,1,3-7,16H2,2H3/b12-10-,18-15+. The Morgan fingerprint density at radius 2 is 2.15 bits per heavy atom. The predicted octanol–water partition coefficient (Wildman–Crippen LogP) is 1.65. The largest absolute Gasteiger partial charge is 0.404 e. The van der Waals surface area contributed by atoms with Crippen LogP contribution in [0, 0.1) is 0 Å². The molecule has 1 aliphatic heterocycles. The summed E-state index contributed by atoms with van der Waals surface area (Å²) in [6.45, 7) is 3.94. The first-order valence-electron chi connectivity index (χ1n) is 7.04. The molecule has 0 bridgehead atoms. The van der Waals surface area contributed by atoms with E-state index in [0.717, 1.165) is 18.4 Å². The summed E-state index contributed by atoms with van der Waals surface area (Å²) in [6, 6.07) is 0.436. The molecule has 1 heterocycles. The fourth-order valence-electron chi connectivity index (χ4n) is 2.56. The molecule has 1 fully saturated rings. The Labute approximate surface area is 119 Å². The SMILES string of the molecule is C=C(/N=C1\C(=C/N)C=CC(=O)N1C)NC1CCCCC1. The minimum atomic E-state index is -0.111. The van der Waals surface area contributed by atoms with Crippen molar-refractivity contribution in [2.45, 2.75) is 38.1 Å². The van der Waals surface area contributed by atoms with Gasteiger partial charge in [0, 0.05) is 30.9 Å². The van der Waals surface area contributed by atoms with Gasteiger partial charge in [-0.25, -0.2) is 4.99 Å². The molecule has 5 nitrogen and oxygen atoms in total. The number of nitrogens with zero attached hydrogens (tertiary/aromatic N) is 2. The summed E-state index contributed by atoms with van der Waals surface area (Å²) in [6.07, 6.45) is 10.7. The Morgan fingerprint density at radius 3 is 2.80 bits per heavy atom. The molecular formula is C15H22N4O. The number of likely N-dealkylation sites (N-methyl/N-ethyl adjacent to an activating group) is 1. The molecule has 0 atom stereocenters. The van der Waals surface area contributed by atoms with Crippen LogP contribution in [0.25, 0.3) is 0 Å². The Morgan fingerprint density at radius 1 is 1.45 bits per heavy atom. The first kappa shape index (κ1) is 14.4. The number of nitrogens with two attached hydrogens (primary N) is 1. The predicted molar refractivity (Wildman–Crippen MR) is 80.8 cm³/mol. The van der Waals surface area contributed by atoms with Crippen molar-refractivity contribution in [2.24, 2.45) is 10.7 Å². The van der Waals surface area contributed by atoms with Crippen molar-refractivity contribution >= 4 is 11.7 Å². The second-order valence-electron chi connectivity index (χ2n) is 5.21. The summed E-state index contributed by atoms with van der Waals surface area (Å²) in [4.78, 5) is 17.6. The number of amidine groups is 1. The highest BCUT2D eigenvalue weighted by Gasteiger charge is 2.21. The molecule has 0 aromatic rings. The van der Waals surface area contributed by atoms with Crippen LogP contribution in [0.4, 0.5) is 0 Å². The van der Waals surface area contributed by atoms with Crippen molar-refractivity contribution in [1.29, 1.82) is 0 Å². The van der Waals surface area contributed by atoms with E-state index in [1.807, 2.05) is 0 Å². The monoisotopic (exact) mass is 274 g/mol. The van der Waals surface area contributed by atoms with E-state index in [1.54, 1.807) is 13.1 Å². The van der Waals surface area contributed by atoms with Crippen LogP contribution in [-0.4, -0.2) is 29.7 Å². The van der Waals surface area contributed by atoms with Crippen LogP contribution in [0.3, 0.4) is 0 Å². The zero-order chi connectivity index (χ0) is 14.5. The smallest absolute Gasteiger partial charge is 0.251 e. The number of amides is 1. The maximum Gasteiger partial charge on any atom is 0.251 e. The Bertz CT molecular complexity index is 484. The minimum Gasteiger partial charge on any atom is -0.404 e. The third-order valence-electron chi connectivity index (χ3n) is 3.71. The van der Waals surface area contributed by atoms with E-state index in [1.165, 1.54) is 36.4 Å². The molecule has 0 aromatic heterocycles. The molecule has 5 heteroatoms. The van der Waals surface area contributed by atoms with Crippen molar-refractivity contribution in [2.75, 3.05) is 7.05 Å². The van der Waals surface area contributed by atoms with Crippen LogP contribution < -0.4 is 11.1 Å². The van der Waals surface area contributed by atoms with E-state index in [0.29, 0.717) is 17.7 Å². The fourth-order valence-corrected chi connectivity index (χ4v) is 2.56. The Hall–Kier alpha value is -2.04. The van der Waals surface area contributed by atoms with Crippen LogP contribution in [0.15, 0.2) is 41.3 Å². The summed E-state index contributed by atoms with van der Waals surface area (Å²) >= 11 is 0. The molecule has 1 aliphatic carbocycles. The molecule has 1 saturated carbocycles. The molecule has 0 unspecified atom stereocenters. The van der Waals surface area contributed by atoms with Gasteiger partial charge in [-0.15, -0.1) is 0 Å². The van der Waals surface area contributed by atoms with Gasteiger partial charge in [-0.05, 0) is 18.9 Å². The van der Waals surface area contributed by atoms with Crippen LogP contribution in [0.5, 0.6) is 0 Å². The Balaban J connectivity index is 2.09. The van der Waals surface area contributed by atoms with Gasteiger partial charge in [-0.2, -0.15) is 0 Å². The van der Waals surface area contributed by atoms with Gasteiger partial charge >= 0.3 is 0 Å². The van der Waals surface area contributed by atoms with Crippen molar-refractivity contribution in [3.63, 3.8) is 0 Å². The lowest BCUT2D eigenvalue weighted by atomic mass is 9.96. The molecule has 20 heavy (non-hydrogen) atoms. The number of carbonyl (C=O) groups is 1.